The van der Waals surface area contributed by atoms with Gasteiger partial charge in [0.2, 0.25) is 5.88 Å². The van der Waals surface area contributed by atoms with E-state index < -0.39 is 0 Å². The first-order valence-corrected chi connectivity index (χ1v) is 6.97. The van der Waals surface area contributed by atoms with Crippen LogP contribution in [-0.4, -0.2) is 25.0 Å². The van der Waals surface area contributed by atoms with Gasteiger partial charge in [0.1, 0.15) is 23.3 Å². The molecule has 4 rings (SSSR count). The molecule has 0 aliphatic heterocycles. The van der Waals surface area contributed by atoms with E-state index in [1.165, 1.54) is 6.33 Å². The summed E-state index contributed by atoms with van der Waals surface area (Å²) < 4.78 is 7.30. The molecule has 2 N–H and O–H groups in total. The van der Waals surface area contributed by atoms with Crippen molar-refractivity contribution in [3.63, 3.8) is 0 Å². The maximum Gasteiger partial charge on any atom is 0.248 e. The Bertz CT molecular complexity index is 967. The fourth-order valence-electron chi connectivity index (χ4n) is 2.25. The zero-order chi connectivity index (χ0) is 15.6. The van der Waals surface area contributed by atoms with Gasteiger partial charge in [0.05, 0.1) is 5.52 Å². The molecule has 2 aromatic carbocycles. The van der Waals surface area contributed by atoms with Crippen LogP contribution >= 0.6 is 0 Å². The molecule has 7 heteroatoms. The Labute approximate surface area is 131 Å². The van der Waals surface area contributed by atoms with E-state index >= 15 is 0 Å². The highest BCUT2D eigenvalue weighted by molar-refractivity contribution is 5.77. The van der Waals surface area contributed by atoms with Gasteiger partial charge >= 0.3 is 0 Å². The number of aromatic nitrogens is 5. The van der Waals surface area contributed by atoms with E-state index in [-0.39, 0.29) is 5.88 Å². The maximum atomic E-state index is 6.17. The number of nitrogen functional groups attached to an aromatic ring is 1. The first-order chi connectivity index (χ1) is 11.3. The second-order valence-electron chi connectivity index (χ2n) is 4.82. The van der Waals surface area contributed by atoms with E-state index in [9.17, 15) is 0 Å². The SMILES string of the molecule is Nc1c(Oc2ccccc2)ncnc1-n1nnc2ccccc21. The van der Waals surface area contributed by atoms with E-state index in [2.05, 4.69) is 20.3 Å². The molecular weight excluding hydrogens is 292 g/mol. The van der Waals surface area contributed by atoms with Crippen LogP contribution in [-0.2, 0) is 0 Å². The van der Waals surface area contributed by atoms with Crippen molar-refractivity contribution in [2.75, 3.05) is 5.73 Å². The number of para-hydroxylation sites is 2. The molecule has 23 heavy (non-hydrogen) atoms. The van der Waals surface area contributed by atoms with Crippen LogP contribution < -0.4 is 10.5 Å². The lowest BCUT2D eigenvalue weighted by atomic mass is 10.3. The van der Waals surface area contributed by atoms with Gasteiger partial charge < -0.3 is 10.5 Å². The minimum atomic E-state index is 0.279. The maximum absolute atomic E-state index is 6.17. The molecule has 7 nitrogen and oxygen atoms in total. The topological polar surface area (TPSA) is 91.7 Å². The van der Waals surface area contributed by atoms with Crippen molar-refractivity contribution in [2.24, 2.45) is 0 Å². The average molecular weight is 304 g/mol. The third-order valence-corrected chi connectivity index (χ3v) is 3.34. The second-order valence-corrected chi connectivity index (χ2v) is 4.82. The summed E-state index contributed by atoms with van der Waals surface area (Å²) in [6.45, 7) is 0. The number of ether oxygens (including phenoxy) is 1. The van der Waals surface area contributed by atoms with E-state index in [1.807, 2.05) is 54.6 Å². The van der Waals surface area contributed by atoms with Gasteiger partial charge in [-0.25, -0.2) is 4.98 Å². The molecular formula is C16H12N6O. The number of hydrogen-bond acceptors (Lipinski definition) is 6. The highest BCUT2D eigenvalue weighted by Gasteiger charge is 2.15. The number of nitrogens with zero attached hydrogens (tertiary/aromatic N) is 5. The number of anilines is 1. The van der Waals surface area contributed by atoms with Gasteiger partial charge in [0, 0.05) is 0 Å². The lowest BCUT2D eigenvalue weighted by Crippen LogP contribution is -2.07. The molecule has 0 atom stereocenters. The van der Waals surface area contributed by atoms with Crippen molar-refractivity contribution in [3.8, 4) is 17.4 Å². The van der Waals surface area contributed by atoms with Crippen molar-refractivity contribution < 1.29 is 4.74 Å². The second kappa shape index (κ2) is 5.38. The van der Waals surface area contributed by atoms with Gasteiger partial charge in [-0.2, -0.15) is 9.67 Å². The number of fused-ring (bicyclic) bond motifs is 1. The molecule has 0 radical (unpaired) electrons. The first kappa shape index (κ1) is 13.2. The van der Waals surface area contributed by atoms with Crippen molar-refractivity contribution in [1.82, 2.24) is 25.0 Å². The van der Waals surface area contributed by atoms with Gasteiger partial charge in [0.15, 0.2) is 5.82 Å². The number of hydrogen-bond donors (Lipinski definition) is 1. The third kappa shape index (κ3) is 2.34. The van der Waals surface area contributed by atoms with Crippen molar-refractivity contribution >= 4 is 16.7 Å². The zero-order valence-electron chi connectivity index (χ0n) is 12.0. The molecule has 0 aliphatic rings. The minimum absolute atomic E-state index is 0.279. The van der Waals surface area contributed by atoms with Gasteiger partial charge in [-0.1, -0.05) is 35.5 Å². The van der Waals surface area contributed by atoms with Crippen LogP contribution in [0.2, 0.25) is 0 Å². The molecule has 0 bridgehead atoms. The quantitative estimate of drug-likeness (QED) is 0.625. The Morgan fingerprint density at radius 3 is 2.57 bits per heavy atom. The Hall–Kier alpha value is -3.48. The predicted octanol–water partition coefficient (Wildman–Crippen LogP) is 2.59. The van der Waals surface area contributed by atoms with Crippen LogP contribution in [0, 0.1) is 0 Å². The molecule has 0 aliphatic carbocycles. The predicted molar refractivity (Wildman–Crippen MR) is 85.4 cm³/mol. The monoisotopic (exact) mass is 304 g/mol. The molecule has 4 aromatic rings. The van der Waals surface area contributed by atoms with E-state index in [0.717, 1.165) is 11.0 Å². The molecule has 0 saturated heterocycles. The Morgan fingerprint density at radius 2 is 1.70 bits per heavy atom. The summed E-state index contributed by atoms with van der Waals surface area (Å²) in [6, 6.07) is 16.9. The Morgan fingerprint density at radius 1 is 0.913 bits per heavy atom. The summed E-state index contributed by atoms with van der Waals surface area (Å²) in [4.78, 5) is 8.32. The Kier molecular flexibility index (Phi) is 3.09. The number of nitrogens with two attached hydrogens (primary N) is 1. The van der Waals surface area contributed by atoms with Gasteiger partial charge in [-0.05, 0) is 24.3 Å². The van der Waals surface area contributed by atoms with Crippen LogP contribution in [0.3, 0.4) is 0 Å². The molecule has 0 fully saturated rings. The normalized spacial score (nSPS) is 10.8. The van der Waals surface area contributed by atoms with Gasteiger partial charge in [-0.15, -0.1) is 5.10 Å². The molecule has 2 aromatic heterocycles. The standard InChI is InChI=1S/C16H12N6O/c17-14-15(22-13-9-5-4-8-12(13)20-21-22)18-10-19-16(14)23-11-6-2-1-3-7-11/h1-10H,17H2. The fraction of sp³-hybridized carbons (Fsp3) is 0. The fourth-order valence-corrected chi connectivity index (χ4v) is 2.25. The van der Waals surface area contributed by atoms with Gasteiger partial charge in [-0.3, -0.25) is 0 Å². The number of benzene rings is 2. The van der Waals surface area contributed by atoms with Crippen molar-refractivity contribution in [2.45, 2.75) is 0 Å². The minimum Gasteiger partial charge on any atom is -0.437 e. The van der Waals surface area contributed by atoms with Crippen LogP contribution in [0.15, 0.2) is 60.9 Å². The van der Waals surface area contributed by atoms with Crippen molar-refractivity contribution in [3.05, 3.63) is 60.9 Å². The smallest absolute Gasteiger partial charge is 0.248 e. The molecule has 0 spiro atoms. The van der Waals surface area contributed by atoms with E-state index in [0.29, 0.717) is 17.3 Å². The molecule has 0 saturated carbocycles. The lowest BCUT2D eigenvalue weighted by molar-refractivity contribution is 0.463. The van der Waals surface area contributed by atoms with Gasteiger partial charge in [0.25, 0.3) is 0 Å². The van der Waals surface area contributed by atoms with Crippen LogP contribution in [0.25, 0.3) is 16.9 Å². The largest absolute Gasteiger partial charge is 0.437 e. The highest BCUT2D eigenvalue weighted by Crippen LogP contribution is 2.29. The molecule has 112 valence electrons. The average Bonchev–Trinajstić information content (AvgIpc) is 3.02. The summed E-state index contributed by atoms with van der Waals surface area (Å²) in [6.07, 6.45) is 1.39. The van der Waals surface area contributed by atoms with E-state index in [4.69, 9.17) is 10.5 Å². The van der Waals surface area contributed by atoms with E-state index in [1.54, 1.807) is 4.68 Å². The van der Waals surface area contributed by atoms with Crippen LogP contribution in [0.5, 0.6) is 11.6 Å². The number of rotatable bonds is 3. The summed E-state index contributed by atoms with van der Waals surface area (Å²) >= 11 is 0. The van der Waals surface area contributed by atoms with Crippen LogP contribution in [0.4, 0.5) is 5.69 Å². The van der Waals surface area contributed by atoms with Crippen LogP contribution in [0.1, 0.15) is 0 Å². The molecule has 2 heterocycles. The Balaban J connectivity index is 1.80. The van der Waals surface area contributed by atoms with Crippen molar-refractivity contribution in [1.29, 1.82) is 0 Å². The lowest BCUT2D eigenvalue weighted by Gasteiger charge is -2.10. The third-order valence-electron chi connectivity index (χ3n) is 3.34. The molecule has 0 unspecified atom stereocenters. The first-order valence-electron chi connectivity index (χ1n) is 6.97. The summed E-state index contributed by atoms with van der Waals surface area (Å²) in [5, 5.41) is 8.22. The molecule has 0 amide bonds. The zero-order valence-corrected chi connectivity index (χ0v) is 12.0. The summed E-state index contributed by atoms with van der Waals surface area (Å²) in [5.41, 5.74) is 8.04. The summed E-state index contributed by atoms with van der Waals surface area (Å²) in [5.74, 6) is 1.35. The summed E-state index contributed by atoms with van der Waals surface area (Å²) in [7, 11) is 0. The highest BCUT2D eigenvalue weighted by atomic mass is 16.5.